The van der Waals surface area contributed by atoms with Crippen LogP contribution in [0.4, 0.5) is 5.82 Å². The molecule has 4 nitrogen and oxygen atoms in total. The van der Waals surface area contributed by atoms with E-state index in [1.54, 1.807) is 0 Å². The van der Waals surface area contributed by atoms with Crippen LogP contribution in [0.1, 0.15) is 31.7 Å². The van der Waals surface area contributed by atoms with Crippen LogP contribution in [0.25, 0.3) is 0 Å². The van der Waals surface area contributed by atoms with Crippen LogP contribution in [0, 0.1) is 6.92 Å². The van der Waals surface area contributed by atoms with Gasteiger partial charge in [0.25, 0.3) is 0 Å². The topological polar surface area (TPSA) is 41.0 Å². The molecular formula is C13H22N4. The molecule has 0 amide bonds. The Morgan fingerprint density at radius 3 is 3.18 bits per heavy atom. The Kier molecular flexibility index (Phi) is 4.31. The SMILES string of the molecule is CCCNCC1CCCN1c1cc(C)cnn1. The largest absolute Gasteiger partial charge is 0.351 e. The minimum absolute atomic E-state index is 0.581. The van der Waals surface area contributed by atoms with E-state index in [9.17, 15) is 0 Å². The molecule has 1 aromatic heterocycles. The zero-order chi connectivity index (χ0) is 12.1. The van der Waals surface area contributed by atoms with Gasteiger partial charge in [0, 0.05) is 19.1 Å². The first-order chi connectivity index (χ1) is 8.31. The van der Waals surface area contributed by atoms with Gasteiger partial charge in [0.2, 0.25) is 0 Å². The molecule has 1 N–H and O–H groups in total. The molecule has 0 aromatic carbocycles. The average molecular weight is 234 g/mol. The van der Waals surface area contributed by atoms with E-state index in [1.165, 1.54) is 24.8 Å². The van der Waals surface area contributed by atoms with E-state index in [0.29, 0.717) is 6.04 Å². The molecule has 17 heavy (non-hydrogen) atoms. The summed E-state index contributed by atoms with van der Waals surface area (Å²) in [5, 5.41) is 11.8. The van der Waals surface area contributed by atoms with Gasteiger partial charge in [-0.3, -0.25) is 0 Å². The molecule has 1 saturated heterocycles. The van der Waals surface area contributed by atoms with Crippen LogP contribution in [0.5, 0.6) is 0 Å². The lowest BCUT2D eigenvalue weighted by atomic mass is 10.2. The first-order valence-corrected chi connectivity index (χ1v) is 6.58. The van der Waals surface area contributed by atoms with Crippen molar-refractivity contribution in [3.63, 3.8) is 0 Å². The van der Waals surface area contributed by atoms with E-state index in [2.05, 4.69) is 40.3 Å². The zero-order valence-electron chi connectivity index (χ0n) is 10.8. The fourth-order valence-corrected chi connectivity index (χ4v) is 2.38. The monoisotopic (exact) mass is 234 g/mol. The first-order valence-electron chi connectivity index (χ1n) is 6.58. The van der Waals surface area contributed by atoms with Crippen molar-refractivity contribution in [1.82, 2.24) is 15.5 Å². The van der Waals surface area contributed by atoms with E-state index in [-0.39, 0.29) is 0 Å². The van der Waals surface area contributed by atoms with Gasteiger partial charge in [-0.2, -0.15) is 5.10 Å². The van der Waals surface area contributed by atoms with Gasteiger partial charge in [0.1, 0.15) is 0 Å². The molecule has 1 fully saturated rings. The van der Waals surface area contributed by atoms with Crippen molar-refractivity contribution in [2.45, 2.75) is 39.2 Å². The highest BCUT2D eigenvalue weighted by molar-refractivity contribution is 5.41. The quantitative estimate of drug-likeness (QED) is 0.788. The number of nitrogens with one attached hydrogen (secondary N) is 1. The summed E-state index contributed by atoms with van der Waals surface area (Å²) < 4.78 is 0. The highest BCUT2D eigenvalue weighted by Crippen LogP contribution is 2.23. The second-order valence-corrected chi connectivity index (χ2v) is 4.78. The summed E-state index contributed by atoms with van der Waals surface area (Å²) in [6.07, 6.45) is 5.52. The molecule has 0 spiro atoms. The second-order valence-electron chi connectivity index (χ2n) is 4.78. The summed E-state index contributed by atoms with van der Waals surface area (Å²) in [6, 6.07) is 2.71. The summed E-state index contributed by atoms with van der Waals surface area (Å²) in [4.78, 5) is 2.39. The predicted molar refractivity (Wildman–Crippen MR) is 70.3 cm³/mol. The lowest BCUT2D eigenvalue weighted by Crippen LogP contribution is -2.38. The molecule has 2 rings (SSSR count). The number of anilines is 1. The third kappa shape index (κ3) is 3.16. The van der Waals surface area contributed by atoms with Gasteiger partial charge in [-0.05, 0) is 44.4 Å². The molecule has 94 valence electrons. The van der Waals surface area contributed by atoms with Crippen molar-refractivity contribution in [1.29, 1.82) is 0 Å². The summed E-state index contributed by atoms with van der Waals surface area (Å²) in [5.41, 5.74) is 1.18. The number of nitrogens with zero attached hydrogens (tertiary/aromatic N) is 3. The molecule has 1 unspecified atom stereocenters. The zero-order valence-corrected chi connectivity index (χ0v) is 10.8. The van der Waals surface area contributed by atoms with E-state index >= 15 is 0 Å². The molecule has 1 aliphatic rings. The fourth-order valence-electron chi connectivity index (χ4n) is 2.38. The lowest BCUT2D eigenvalue weighted by molar-refractivity contribution is 0.567. The summed E-state index contributed by atoms with van der Waals surface area (Å²) in [5.74, 6) is 1.03. The van der Waals surface area contributed by atoms with Crippen molar-refractivity contribution in [3.8, 4) is 0 Å². The van der Waals surface area contributed by atoms with Gasteiger partial charge in [-0.25, -0.2) is 0 Å². The first kappa shape index (κ1) is 12.3. The maximum absolute atomic E-state index is 4.25. The molecular weight excluding hydrogens is 212 g/mol. The number of hydrogen-bond acceptors (Lipinski definition) is 4. The van der Waals surface area contributed by atoms with Gasteiger partial charge < -0.3 is 10.2 Å². The van der Waals surface area contributed by atoms with Crippen molar-refractivity contribution in [2.75, 3.05) is 24.5 Å². The third-order valence-corrected chi connectivity index (χ3v) is 3.26. The smallest absolute Gasteiger partial charge is 0.151 e. The van der Waals surface area contributed by atoms with Crippen LogP contribution in [-0.2, 0) is 0 Å². The maximum atomic E-state index is 4.25. The molecule has 0 bridgehead atoms. The standard InChI is InChI=1S/C13H22N4/c1-3-6-14-10-12-5-4-7-17(12)13-8-11(2)9-15-16-13/h8-9,12,14H,3-7,10H2,1-2H3. The number of aryl methyl sites for hydroxylation is 1. The Balaban J connectivity index is 1.99. The summed E-state index contributed by atoms with van der Waals surface area (Å²) in [7, 11) is 0. The van der Waals surface area contributed by atoms with Gasteiger partial charge >= 0.3 is 0 Å². The van der Waals surface area contributed by atoms with Crippen LogP contribution in [0.15, 0.2) is 12.3 Å². The van der Waals surface area contributed by atoms with Crippen molar-refractivity contribution in [2.24, 2.45) is 0 Å². The molecule has 0 radical (unpaired) electrons. The Labute approximate surface area is 103 Å². The van der Waals surface area contributed by atoms with E-state index in [1.807, 2.05) is 6.20 Å². The van der Waals surface area contributed by atoms with E-state index < -0.39 is 0 Å². The molecule has 2 heterocycles. The maximum Gasteiger partial charge on any atom is 0.151 e. The molecule has 1 aliphatic heterocycles. The Hall–Kier alpha value is -1.16. The number of aromatic nitrogens is 2. The van der Waals surface area contributed by atoms with E-state index in [4.69, 9.17) is 0 Å². The highest BCUT2D eigenvalue weighted by atomic mass is 15.3. The Morgan fingerprint density at radius 2 is 2.41 bits per heavy atom. The van der Waals surface area contributed by atoms with E-state index in [0.717, 1.165) is 25.5 Å². The molecule has 1 aromatic rings. The highest BCUT2D eigenvalue weighted by Gasteiger charge is 2.25. The number of rotatable bonds is 5. The van der Waals surface area contributed by atoms with Gasteiger partial charge in [0.05, 0.1) is 6.20 Å². The van der Waals surface area contributed by atoms with Crippen LogP contribution < -0.4 is 10.2 Å². The van der Waals surface area contributed by atoms with Crippen molar-refractivity contribution < 1.29 is 0 Å². The normalized spacial score (nSPS) is 19.9. The van der Waals surface area contributed by atoms with Crippen LogP contribution in [0.2, 0.25) is 0 Å². The van der Waals surface area contributed by atoms with Gasteiger partial charge in [-0.1, -0.05) is 6.92 Å². The predicted octanol–water partition coefficient (Wildman–Crippen LogP) is 1.75. The molecule has 0 saturated carbocycles. The fraction of sp³-hybridized carbons (Fsp3) is 0.692. The Morgan fingerprint density at radius 1 is 1.53 bits per heavy atom. The lowest BCUT2D eigenvalue weighted by Gasteiger charge is -2.25. The van der Waals surface area contributed by atoms with Gasteiger partial charge in [-0.15, -0.1) is 5.10 Å². The molecule has 4 heteroatoms. The minimum Gasteiger partial charge on any atom is -0.351 e. The van der Waals surface area contributed by atoms with Gasteiger partial charge in [0.15, 0.2) is 5.82 Å². The second kappa shape index (κ2) is 5.96. The molecule has 1 atom stereocenters. The van der Waals surface area contributed by atoms with Crippen LogP contribution in [-0.4, -0.2) is 35.9 Å². The summed E-state index contributed by atoms with van der Waals surface area (Å²) in [6.45, 7) is 7.54. The Bertz CT molecular complexity index is 353. The third-order valence-electron chi connectivity index (χ3n) is 3.26. The number of hydrogen-bond donors (Lipinski definition) is 1. The molecule has 0 aliphatic carbocycles. The van der Waals surface area contributed by atoms with Crippen molar-refractivity contribution >= 4 is 5.82 Å². The van der Waals surface area contributed by atoms with Crippen LogP contribution >= 0.6 is 0 Å². The van der Waals surface area contributed by atoms with Crippen LogP contribution in [0.3, 0.4) is 0 Å². The summed E-state index contributed by atoms with van der Waals surface area (Å²) >= 11 is 0. The average Bonchev–Trinajstić information content (AvgIpc) is 2.78. The minimum atomic E-state index is 0.581. The van der Waals surface area contributed by atoms with Crippen molar-refractivity contribution in [3.05, 3.63) is 17.8 Å².